The largest absolute Gasteiger partial charge is 0.394 e. The minimum atomic E-state index is -2.32. The second-order valence-electron chi connectivity index (χ2n) is 8.84. The first-order valence-corrected chi connectivity index (χ1v) is 11.1. The lowest BCUT2D eigenvalue weighted by Crippen LogP contribution is -2.81. The molecule has 6 nitrogen and oxygen atoms in total. The fourth-order valence-electron chi connectivity index (χ4n) is 4.84. The van der Waals surface area contributed by atoms with Gasteiger partial charge >= 0.3 is 0 Å². The van der Waals surface area contributed by atoms with E-state index in [0.717, 1.165) is 0 Å². The molecule has 4 rings (SSSR count). The molecule has 0 aliphatic carbocycles. The lowest BCUT2D eigenvalue weighted by Gasteiger charge is -2.59. The Morgan fingerprint density at radius 3 is 1.52 bits per heavy atom. The third-order valence-corrected chi connectivity index (χ3v) is 6.64. The molecule has 0 aromatic heterocycles. The number of ether oxygens (including phenoxy) is 1. The zero-order chi connectivity index (χ0) is 23.5. The summed E-state index contributed by atoms with van der Waals surface area (Å²) in [6.45, 7) is -0.642. The van der Waals surface area contributed by atoms with Crippen LogP contribution in [0.4, 0.5) is 0 Å². The van der Waals surface area contributed by atoms with Crippen LogP contribution in [-0.4, -0.2) is 61.3 Å². The normalized spacial score (nSPS) is 31.9. The fourth-order valence-corrected chi connectivity index (χ4v) is 4.84. The van der Waals surface area contributed by atoms with Crippen LogP contribution in [0.15, 0.2) is 91.0 Å². The van der Waals surface area contributed by atoms with Gasteiger partial charge < -0.3 is 30.3 Å². The zero-order valence-corrected chi connectivity index (χ0v) is 18.3. The summed E-state index contributed by atoms with van der Waals surface area (Å²) in [7, 11) is 0. The Hall–Kier alpha value is -2.58. The van der Waals surface area contributed by atoms with E-state index in [1.54, 1.807) is 72.8 Å². The summed E-state index contributed by atoms with van der Waals surface area (Å²) < 4.78 is 5.81. The highest BCUT2D eigenvalue weighted by atomic mass is 16.7. The maximum atomic E-state index is 12.2. The van der Waals surface area contributed by atoms with Gasteiger partial charge in [-0.25, -0.2) is 0 Å². The Kier molecular flexibility index (Phi) is 6.68. The third kappa shape index (κ3) is 4.34. The Labute approximate surface area is 193 Å². The Morgan fingerprint density at radius 1 is 0.636 bits per heavy atom. The van der Waals surface area contributed by atoms with Gasteiger partial charge in [-0.2, -0.15) is 0 Å². The van der Waals surface area contributed by atoms with E-state index in [9.17, 15) is 25.5 Å². The number of aliphatic hydroxyl groups excluding tert-OH is 2. The van der Waals surface area contributed by atoms with Gasteiger partial charge in [0.05, 0.1) is 6.61 Å². The Balaban J connectivity index is 1.86. The van der Waals surface area contributed by atoms with Gasteiger partial charge in [0.2, 0.25) is 5.79 Å². The molecule has 33 heavy (non-hydrogen) atoms. The quantitative estimate of drug-likeness (QED) is 0.374. The minimum Gasteiger partial charge on any atom is -0.394 e. The van der Waals surface area contributed by atoms with E-state index in [0.29, 0.717) is 16.7 Å². The molecule has 1 aliphatic rings. The zero-order valence-electron chi connectivity index (χ0n) is 18.3. The molecule has 3 aromatic rings. The molecule has 5 atom stereocenters. The van der Waals surface area contributed by atoms with Gasteiger partial charge in [0.15, 0.2) is 5.60 Å². The van der Waals surface area contributed by atoms with Crippen LogP contribution in [0.1, 0.15) is 16.7 Å². The number of aliphatic hydroxyl groups is 5. The van der Waals surface area contributed by atoms with Crippen molar-refractivity contribution < 1.29 is 30.3 Å². The van der Waals surface area contributed by atoms with Crippen LogP contribution in [-0.2, 0) is 24.0 Å². The predicted octanol–water partition coefficient (Wildman–Crippen LogP) is 1.62. The topological polar surface area (TPSA) is 110 Å². The van der Waals surface area contributed by atoms with Crippen molar-refractivity contribution in [1.29, 1.82) is 0 Å². The first-order valence-electron chi connectivity index (χ1n) is 11.1. The summed E-state index contributed by atoms with van der Waals surface area (Å²) in [6, 6.07) is 26.9. The van der Waals surface area contributed by atoms with Crippen molar-refractivity contribution >= 4 is 0 Å². The van der Waals surface area contributed by atoms with Crippen molar-refractivity contribution in [3.8, 4) is 0 Å². The van der Waals surface area contributed by atoms with Crippen molar-refractivity contribution in [2.75, 3.05) is 6.61 Å². The van der Waals surface area contributed by atoms with Gasteiger partial charge in [0.1, 0.15) is 17.8 Å². The predicted molar refractivity (Wildman–Crippen MR) is 123 cm³/mol. The van der Waals surface area contributed by atoms with Gasteiger partial charge in [-0.3, -0.25) is 0 Å². The van der Waals surface area contributed by atoms with Crippen LogP contribution in [0.25, 0.3) is 0 Å². The molecular weight excluding hydrogens is 420 g/mol. The SMILES string of the molecule is OC[C@H]1OC(O)(Cc2ccccc2)[C@@](O)(Cc2ccccc2)[C@](O)(Cc2ccccc2)[C@@H]1O. The highest BCUT2D eigenvalue weighted by Crippen LogP contribution is 2.48. The monoisotopic (exact) mass is 450 g/mol. The molecular formula is C27H30O6. The van der Waals surface area contributed by atoms with E-state index in [4.69, 9.17) is 4.74 Å². The molecule has 5 N–H and O–H groups in total. The molecule has 3 aromatic carbocycles. The molecule has 0 spiro atoms. The van der Waals surface area contributed by atoms with Crippen molar-refractivity contribution in [3.05, 3.63) is 108 Å². The van der Waals surface area contributed by atoms with Crippen molar-refractivity contribution in [2.45, 2.75) is 48.5 Å². The van der Waals surface area contributed by atoms with Gasteiger partial charge in [-0.15, -0.1) is 0 Å². The molecule has 1 unspecified atom stereocenters. The number of benzene rings is 3. The Bertz CT molecular complexity index is 1030. The first-order chi connectivity index (χ1) is 15.8. The molecule has 1 heterocycles. The smallest absolute Gasteiger partial charge is 0.202 e. The molecule has 0 amide bonds. The van der Waals surface area contributed by atoms with Crippen molar-refractivity contribution in [2.24, 2.45) is 0 Å². The minimum absolute atomic E-state index is 0.155. The van der Waals surface area contributed by atoms with E-state index in [1.165, 1.54) is 0 Å². The summed E-state index contributed by atoms with van der Waals surface area (Å²) in [6.07, 6.45) is -3.46. The average Bonchev–Trinajstić information content (AvgIpc) is 2.83. The fraction of sp³-hybridized carbons (Fsp3) is 0.333. The van der Waals surface area contributed by atoms with E-state index in [1.807, 2.05) is 18.2 Å². The van der Waals surface area contributed by atoms with E-state index >= 15 is 0 Å². The molecule has 0 radical (unpaired) electrons. The lowest BCUT2D eigenvalue weighted by molar-refractivity contribution is -0.416. The molecule has 174 valence electrons. The number of rotatable bonds is 7. The van der Waals surface area contributed by atoms with Crippen LogP contribution in [0, 0.1) is 0 Å². The highest BCUT2D eigenvalue weighted by Gasteiger charge is 2.70. The number of hydrogen-bond acceptors (Lipinski definition) is 6. The van der Waals surface area contributed by atoms with E-state index in [2.05, 4.69) is 0 Å². The van der Waals surface area contributed by atoms with Crippen molar-refractivity contribution in [1.82, 2.24) is 0 Å². The maximum Gasteiger partial charge on any atom is 0.202 e. The summed E-state index contributed by atoms with van der Waals surface area (Å²) in [5, 5.41) is 57.2. The summed E-state index contributed by atoms with van der Waals surface area (Å²) in [4.78, 5) is 0. The molecule has 1 aliphatic heterocycles. The van der Waals surface area contributed by atoms with Gasteiger partial charge in [-0.05, 0) is 16.7 Å². The molecule has 6 heteroatoms. The van der Waals surface area contributed by atoms with E-state index in [-0.39, 0.29) is 19.3 Å². The molecule has 1 fully saturated rings. The Morgan fingerprint density at radius 2 is 1.06 bits per heavy atom. The van der Waals surface area contributed by atoms with Crippen LogP contribution >= 0.6 is 0 Å². The van der Waals surface area contributed by atoms with E-state index < -0.39 is 35.8 Å². The average molecular weight is 451 g/mol. The standard InChI is InChI=1S/C27H30O6/c28-19-23-24(29)25(30,16-20-10-4-1-5-11-20)26(31,17-21-12-6-2-7-13-21)27(32,33-23)18-22-14-8-3-9-15-22/h1-15,23-24,28-32H,16-19H2/t23-,24-,25+,26-,27?/m1/s1. The molecule has 0 saturated carbocycles. The molecule has 1 saturated heterocycles. The summed E-state index contributed by atoms with van der Waals surface area (Å²) >= 11 is 0. The summed E-state index contributed by atoms with van der Waals surface area (Å²) in [5.41, 5.74) is -2.58. The van der Waals surface area contributed by atoms with Crippen LogP contribution in [0.3, 0.4) is 0 Å². The third-order valence-electron chi connectivity index (χ3n) is 6.64. The van der Waals surface area contributed by atoms with Crippen LogP contribution in [0.5, 0.6) is 0 Å². The number of hydrogen-bond donors (Lipinski definition) is 5. The highest BCUT2D eigenvalue weighted by molar-refractivity contribution is 5.30. The summed E-state index contributed by atoms with van der Waals surface area (Å²) in [5.74, 6) is -2.31. The second kappa shape index (κ2) is 9.35. The van der Waals surface area contributed by atoms with Gasteiger partial charge in [0, 0.05) is 19.3 Å². The molecule has 0 bridgehead atoms. The van der Waals surface area contributed by atoms with Gasteiger partial charge in [-0.1, -0.05) is 91.0 Å². The van der Waals surface area contributed by atoms with Crippen LogP contribution < -0.4 is 0 Å². The van der Waals surface area contributed by atoms with Crippen molar-refractivity contribution in [3.63, 3.8) is 0 Å². The second-order valence-corrected chi connectivity index (χ2v) is 8.84. The van der Waals surface area contributed by atoms with Gasteiger partial charge in [0.25, 0.3) is 0 Å². The lowest BCUT2D eigenvalue weighted by atomic mass is 9.63. The maximum absolute atomic E-state index is 12.2. The first kappa shape index (κ1) is 23.6. The van der Waals surface area contributed by atoms with Crippen LogP contribution in [0.2, 0.25) is 0 Å².